The number of hydrogen-bond donors (Lipinski definition) is 1. The quantitative estimate of drug-likeness (QED) is 0.924. The van der Waals surface area contributed by atoms with Gasteiger partial charge in [-0.05, 0) is 41.1 Å². The maximum absolute atomic E-state index is 11.8. The van der Waals surface area contributed by atoms with Crippen molar-refractivity contribution in [3.05, 3.63) is 39.1 Å². The van der Waals surface area contributed by atoms with Gasteiger partial charge in [-0.1, -0.05) is 16.8 Å². The Balaban J connectivity index is 2.17. The predicted molar refractivity (Wildman–Crippen MR) is 66.1 cm³/mol. The van der Waals surface area contributed by atoms with Crippen LogP contribution in [0, 0.1) is 6.92 Å². The van der Waals surface area contributed by atoms with Crippen LogP contribution in [0.25, 0.3) is 0 Å². The fourth-order valence-corrected chi connectivity index (χ4v) is 1.65. The Kier molecular flexibility index (Phi) is 3.44. The van der Waals surface area contributed by atoms with E-state index >= 15 is 0 Å². The van der Waals surface area contributed by atoms with Crippen LogP contribution in [0.15, 0.2) is 27.2 Å². The van der Waals surface area contributed by atoms with Crippen LogP contribution in [0.1, 0.15) is 16.2 Å². The van der Waals surface area contributed by atoms with Crippen LogP contribution < -0.4 is 5.32 Å². The van der Waals surface area contributed by atoms with Gasteiger partial charge in [0.2, 0.25) is 0 Å². The summed E-state index contributed by atoms with van der Waals surface area (Å²) in [5.74, 6) is 0.114. The molecule has 0 aliphatic carbocycles. The average molecular weight is 317 g/mol. The molecule has 1 aromatic carbocycles. The average Bonchev–Trinajstić information content (AvgIpc) is 2.68. The summed E-state index contributed by atoms with van der Waals surface area (Å²) >= 11 is 9.07. The summed E-state index contributed by atoms with van der Waals surface area (Å²) < 4.78 is 5.43. The number of nitrogens with one attached hydrogen (secondary N) is 1. The number of benzene rings is 1. The molecule has 88 valence electrons. The number of nitrogens with zero attached hydrogens (tertiary/aromatic N) is 2. The first-order valence-electron chi connectivity index (χ1n) is 4.63. The molecule has 5 nitrogen and oxygen atoms in total. The lowest BCUT2D eigenvalue weighted by atomic mass is 10.2. The number of rotatable bonds is 2. The topological polar surface area (TPSA) is 68.0 Å². The van der Waals surface area contributed by atoms with E-state index in [1.54, 1.807) is 25.1 Å². The monoisotopic (exact) mass is 315 g/mol. The Morgan fingerprint density at radius 3 is 2.88 bits per heavy atom. The van der Waals surface area contributed by atoms with Gasteiger partial charge in [0, 0.05) is 10.0 Å². The van der Waals surface area contributed by atoms with E-state index in [1.165, 1.54) is 0 Å². The smallest absolute Gasteiger partial charge is 0.315 e. The molecule has 1 heterocycles. The fourth-order valence-electron chi connectivity index (χ4n) is 1.15. The minimum Gasteiger partial charge on any atom is -0.315 e. The lowest BCUT2D eigenvalue weighted by Gasteiger charge is -2.02. The van der Waals surface area contributed by atoms with Crippen molar-refractivity contribution in [3.63, 3.8) is 0 Å². The minimum absolute atomic E-state index is 0.0681. The van der Waals surface area contributed by atoms with Crippen LogP contribution in [0.3, 0.4) is 0 Å². The van der Waals surface area contributed by atoms with E-state index in [-0.39, 0.29) is 11.9 Å². The third kappa shape index (κ3) is 2.83. The second kappa shape index (κ2) is 4.85. The first-order chi connectivity index (χ1) is 8.06. The number of aryl methyl sites for hydroxylation is 1. The first-order valence-corrected chi connectivity index (χ1v) is 5.80. The Morgan fingerprint density at radius 2 is 2.29 bits per heavy atom. The molecule has 1 N–H and O–H groups in total. The van der Waals surface area contributed by atoms with Crippen molar-refractivity contribution in [2.45, 2.75) is 6.92 Å². The van der Waals surface area contributed by atoms with E-state index in [9.17, 15) is 4.79 Å². The number of amides is 1. The molecule has 17 heavy (non-hydrogen) atoms. The highest BCUT2D eigenvalue weighted by atomic mass is 79.9. The van der Waals surface area contributed by atoms with Gasteiger partial charge in [0.05, 0.1) is 5.02 Å². The Morgan fingerprint density at radius 1 is 1.53 bits per heavy atom. The van der Waals surface area contributed by atoms with Crippen LogP contribution in [-0.4, -0.2) is 16.0 Å². The second-order valence-electron chi connectivity index (χ2n) is 3.23. The van der Waals surface area contributed by atoms with Gasteiger partial charge >= 0.3 is 6.01 Å². The molecular formula is C10H7BrClN3O2. The van der Waals surface area contributed by atoms with Crippen molar-refractivity contribution >= 4 is 39.5 Å². The van der Waals surface area contributed by atoms with Gasteiger partial charge in [0.1, 0.15) is 0 Å². The van der Waals surface area contributed by atoms with E-state index in [4.69, 9.17) is 16.1 Å². The molecule has 2 rings (SSSR count). The van der Waals surface area contributed by atoms with Gasteiger partial charge in [-0.15, -0.1) is 0 Å². The minimum atomic E-state index is -0.342. The summed E-state index contributed by atoms with van der Waals surface area (Å²) in [4.78, 5) is 15.7. The molecule has 0 aliphatic rings. The third-order valence-corrected chi connectivity index (χ3v) is 3.14. The molecule has 0 saturated heterocycles. The summed E-state index contributed by atoms with van der Waals surface area (Å²) in [6, 6.07) is 4.91. The summed E-state index contributed by atoms with van der Waals surface area (Å²) in [5.41, 5.74) is 0.442. The van der Waals surface area contributed by atoms with E-state index in [0.717, 1.165) is 0 Å². The van der Waals surface area contributed by atoms with Crippen LogP contribution in [0.2, 0.25) is 5.02 Å². The Hall–Kier alpha value is -1.40. The zero-order valence-corrected chi connectivity index (χ0v) is 11.0. The van der Waals surface area contributed by atoms with Crippen molar-refractivity contribution in [1.82, 2.24) is 10.1 Å². The number of carbonyl (C=O) groups is 1. The summed E-state index contributed by atoms with van der Waals surface area (Å²) in [5, 5.41) is 6.58. The number of aromatic nitrogens is 2. The molecule has 0 atom stereocenters. The van der Waals surface area contributed by atoms with Crippen LogP contribution in [0.5, 0.6) is 0 Å². The number of carbonyl (C=O) groups excluding carboxylic acids is 1. The molecule has 2 aromatic rings. The molecule has 1 amide bonds. The molecule has 0 unspecified atom stereocenters. The third-order valence-electron chi connectivity index (χ3n) is 1.93. The van der Waals surface area contributed by atoms with Crippen molar-refractivity contribution < 1.29 is 9.32 Å². The summed E-state index contributed by atoms with van der Waals surface area (Å²) in [7, 11) is 0. The lowest BCUT2D eigenvalue weighted by molar-refractivity contribution is 0.102. The van der Waals surface area contributed by atoms with Crippen LogP contribution >= 0.6 is 27.5 Å². The second-order valence-corrected chi connectivity index (χ2v) is 4.49. The van der Waals surface area contributed by atoms with Gasteiger partial charge in [-0.25, -0.2) is 0 Å². The Bertz CT molecular complexity index is 570. The molecule has 0 radical (unpaired) electrons. The number of anilines is 1. The van der Waals surface area contributed by atoms with Gasteiger partial charge in [-0.2, -0.15) is 4.98 Å². The SMILES string of the molecule is Cc1noc(NC(=O)c2ccc(Cl)c(Br)c2)n1. The zero-order chi connectivity index (χ0) is 12.4. The van der Waals surface area contributed by atoms with Crippen molar-refractivity contribution in [2.24, 2.45) is 0 Å². The van der Waals surface area contributed by atoms with E-state index in [2.05, 4.69) is 31.4 Å². The fraction of sp³-hybridized carbons (Fsp3) is 0.100. The zero-order valence-electron chi connectivity index (χ0n) is 8.70. The van der Waals surface area contributed by atoms with Gasteiger partial charge in [-0.3, -0.25) is 10.1 Å². The molecule has 0 bridgehead atoms. The highest BCUT2D eigenvalue weighted by molar-refractivity contribution is 9.10. The maximum Gasteiger partial charge on any atom is 0.328 e. The number of hydrogen-bond acceptors (Lipinski definition) is 4. The standard InChI is InChI=1S/C10H7BrClN3O2/c1-5-13-10(17-15-5)14-9(16)6-2-3-8(12)7(11)4-6/h2-4H,1H3,(H,13,14,15,16). The summed E-state index contributed by atoms with van der Waals surface area (Å²) in [6.07, 6.45) is 0. The molecular weight excluding hydrogens is 309 g/mol. The molecule has 0 saturated carbocycles. The van der Waals surface area contributed by atoms with Gasteiger partial charge in [0.25, 0.3) is 5.91 Å². The summed E-state index contributed by atoms with van der Waals surface area (Å²) in [6.45, 7) is 1.66. The van der Waals surface area contributed by atoms with Crippen LogP contribution in [-0.2, 0) is 0 Å². The van der Waals surface area contributed by atoms with Gasteiger partial charge in [0.15, 0.2) is 5.82 Å². The molecule has 0 fully saturated rings. The van der Waals surface area contributed by atoms with Crippen molar-refractivity contribution in [2.75, 3.05) is 5.32 Å². The van der Waals surface area contributed by atoms with E-state index in [1.807, 2.05) is 0 Å². The van der Waals surface area contributed by atoms with Crippen molar-refractivity contribution in [1.29, 1.82) is 0 Å². The normalized spacial score (nSPS) is 10.3. The van der Waals surface area contributed by atoms with E-state index in [0.29, 0.717) is 20.9 Å². The largest absolute Gasteiger partial charge is 0.328 e. The van der Waals surface area contributed by atoms with E-state index < -0.39 is 0 Å². The molecule has 0 aliphatic heterocycles. The Labute approximate surface area is 110 Å². The van der Waals surface area contributed by atoms with Crippen molar-refractivity contribution in [3.8, 4) is 0 Å². The highest BCUT2D eigenvalue weighted by Gasteiger charge is 2.11. The number of halogens is 2. The molecule has 1 aromatic heterocycles. The predicted octanol–water partition coefficient (Wildman–Crippen LogP) is 3.05. The highest BCUT2D eigenvalue weighted by Crippen LogP contribution is 2.23. The lowest BCUT2D eigenvalue weighted by Crippen LogP contribution is -2.12. The van der Waals surface area contributed by atoms with Crippen LogP contribution in [0.4, 0.5) is 6.01 Å². The molecule has 7 heteroatoms. The van der Waals surface area contributed by atoms with Gasteiger partial charge < -0.3 is 4.52 Å². The maximum atomic E-state index is 11.8. The first kappa shape index (κ1) is 12.1. The molecule has 0 spiro atoms.